The van der Waals surface area contributed by atoms with Gasteiger partial charge in [-0.05, 0) is 102 Å². The Balaban J connectivity index is 1.12. The van der Waals surface area contributed by atoms with Crippen LogP contribution in [0.15, 0.2) is 144 Å². The van der Waals surface area contributed by atoms with E-state index in [9.17, 15) is 0 Å². The quantitative estimate of drug-likeness (QED) is 0.187. The molecule has 0 spiro atoms. The van der Waals surface area contributed by atoms with Gasteiger partial charge in [0.2, 0.25) is 0 Å². The van der Waals surface area contributed by atoms with E-state index in [2.05, 4.69) is 145 Å². The number of allylic oxidation sites excluding steroid dienone is 3. The van der Waals surface area contributed by atoms with Crippen molar-refractivity contribution >= 4 is 54.9 Å². The molecule has 0 radical (unpaired) electrons. The van der Waals surface area contributed by atoms with Gasteiger partial charge in [-0.25, -0.2) is 0 Å². The molecule has 1 aliphatic rings. The van der Waals surface area contributed by atoms with Crippen LogP contribution in [0.25, 0.3) is 71.7 Å². The number of terminal acetylenes is 1. The van der Waals surface area contributed by atoms with Crippen LogP contribution in [0.2, 0.25) is 0 Å². The Morgan fingerprint density at radius 3 is 2.21 bits per heavy atom. The fraction of sp³-hybridized carbons (Fsp3) is 0.0455. The molecule has 8 aromatic rings. The molecule has 47 heavy (non-hydrogen) atoms. The summed E-state index contributed by atoms with van der Waals surface area (Å²) in [6, 6.07) is 44.9. The first-order valence-corrected chi connectivity index (χ1v) is 15.8. The van der Waals surface area contributed by atoms with Gasteiger partial charge in [-0.2, -0.15) is 0 Å². The fourth-order valence-corrected chi connectivity index (χ4v) is 7.02. The van der Waals surface area contributed by atoms with Gasteiger partial charge >= 0.3 is 0 Å². The normalized spacial score (nSPS) is 13.9. The maximum atomic E-state index is 6.18. The highest BCUT2D eigenvalue weighted by Crippen LogP contribution is 2.40. The third kappa shape index (κ3) is 4.46. The molecule has 3 heterocycles. The Bertz CT molecular complexity index is 2600. The van der Waals surface area contributed by atoms with Gasteiger partial charge in [0.1, 0.15) is 23.5 Å². The second kappa shape index (κ2) is 10.7. The number of aryl methyl sites for hydroxylation is 1. The van der Waals surface area contributed by atoms with Crippen molar-refractivity contribution in [2.24, 2.45) is 0 Å². The van der Waals surface area contributed by atoms with E-state index in [1.165, 1.54) is 27.4 Å². The zero-order valence-corrected chi connectivity index (χ0v) is 25.8. The summed E-state index contributed by atoms with van der Waals surface area (Å²) in [6.45, 7) is 2.59. The summed E-state index contributed by atoms with van der Waals surface area (Å²) in [7, 11) is 0. The number of nitrogens with zero attached hydrogens (tertiary/aromatic N) is 1. The molecular formula is C44H29NO2. The zero-order chi connectivity index (χ0) is 31.5. The predicted octanol–water partition coefficient (Wildman–Crippen LogP) is 11.2. The smallest absolute Gasteiger partial charge is 0.135 e. The number of hydrogen-bond acceptors (Lipinski definition) is 2. The molecule has 0 fully saturated rings. The summed E-state index contributed by atoms with van der Waals surface area (Å²) in [5, 5.41) is 4.73. The van der Waals surface area contributed by atoms with Crippen LogP contribution in [-0.2, 0) is 0 Å². The zero-order valence-electron chi connectivity index (χ0n) is 25.8. The lowest BCUT2D eigenvalue weighted by Gasteiger charge is -2.10. The molecule has 0 N–H and O–H groups in total. The van der Waals surface area contributed by atoms with Crippen LogP contribution in [0, 0.1) is 19.3 Å². The predicted molar refractivity (Wildman–Crippen MR) is 195 cm³/mol. The SMILES string of the molecule is C#C/C=C(\C=C1/COc2ccc(-n3c4ccccc4c4ccccc43)cc21)c1cccc(-c2ccc3oc4ccc(C)cc4c3c2)c1. The van der Waals surface area contributed by atoms with E-state index in [1.807, 2.05) is 12.1 Å². The van der Waals surface area contributed by atoms with Gasteiger partial charge in [0, 0.05) is 38.4 Å². The lowest BCUT2D eigenvalue weighted by atomic mass is 9.95. The summed E-state index contributed by atoms with van der Waals surface area (Å²) in [4.78, 5) is 0. The van der Waals surface area contributed by atoms with Crippen molar-refractivity contribution in [3.63, 3.8) is 0 Å². The maximum absolute atomic E-state index is 6.18. The molecular weight excluding hydrogens is 574 g/mol. The van der Waals surface area contributed by atoms with E-state index in [-0.39, 0.29) is 0 Å². The van der Waals surface area contributed by atoms with Crippen LogP contribution in [0.3, 0.4) is 0 Å². The van der Waals surface area contributed by atoms with Gasteiger partial charge in [0.05, 0.1) is 11.0 Å². The number of para-hydroxylation sites is 2. The molecule has 0 atom stereocenters. The fourth-order valence-electron chi connectivity index (χ4n) is 7.02. The molecule has 0 bridgehead atoms. The highest BCUT2D eigenvalue weighted by atomic mass is 16.5. The van der Waals surface area contributed by atoms with Gasteiger partial charge in [0.15, 0.2) is 0 Å². The van der Waals surface area contributed by atoms with Crippen LogP contribution >= 0.6 is 0 Å². The van der Waals surface area contributed by atoms with Crippen molar-refractivity contribution in [2.45, 2.75) is 6.92 Å². The number of ether oxygens (including phenoxy) is 1. The molecule has 9 rings (SSSR count). The number of aromatic nitrogens is 1. The highest BCUT2D eigenvalue weighted by Gasteiger charge is 2.21. The summed E-state index contributed by atoms with van der Waals surface area (Å²) in [5.41, 5.74) is 12.9. The monoisotopic (exact) mass is 603 g/mol. The van der Waals surface area contributed by atoms with Crippen molar-refractivity contribution in [3.8, 4) is 34.9 Å². The van der Waals surface area contributed by atoms with Gasteiger partial charge in [0.25, 0.3) is 0 Å². The second-order valence-electron chi connectivity index (χ2n) is 12.2. The van der Waals surface area contributed by atoms with Crippen molar-refractivity contribution in [1.82, 2.24) is 4.57 Å². The highest BCUT2D eigenvalue weighted by molar-refractivity contribution is 6.09. The number of rotatable bonds is 4. The van der Waals surface area contributed by atoms with E-state index >= 15 is 0 Å². The molecule has 3 nitrogen and oxygen atoms in total. The van der Waals surface area contributed by atoms with Gasteiger partial charge in [-0.3, -0.25) is 0 Å². The molecule has 0 amide bonds. The number of furan rings is 1. The number of hydrogen-bond donors (Lipinski definition) is 0. The van der Waals surface area contributed by atoms with Crippen molar-refractivity contribution in [1.29, 1.82) is 0 Å². The first-order valence-electron chi connectivity index (χ1n) is 15.8. The van der Waals surface area contributed by atoms with Gasteiger partial charge < -0.3 is 13.7 Å². The van der Waals surface area contributed by atoms with E-state index < -0.39 is 0 Å². The molecule has 0 saturated carbocycles. The minimum atomic E-state index is 0.483. The number of fused-ring (bicyclic) bond motifs is 7. The van der Waals surface area contributed by atoms with Crippen LogP contribution in [0.5, 0.6) is 5.75 Å². The Kier molecular flexibility index (Phi) is 6.16. The van der Waals surface area contributed by atoms with Crippen molar-refractivity contribution in [3.05, 3.63) is 156 Å². The van der Waals surface area contributed by atoms with Crippen LogP contribution in [0.1, 0.15) is 16.7 Å². The number of benzene rings is 6. The molecule has 6 aromatic carbocycles. The summed E-state index contributed by atoms with van der Waals surface area (Å²) in [5.74, 6) is 3.66. The summed E-state index contributed by atoms with van der Waals surface area (Å²) < 4.78 is 14.6. The average Bonchev–Trinajstić information content (AvgIpc) is 3.79. The molecule has 1 aliphatic heterocycles. The first kappa shape index (κ1) is 27.1. The van der Waals surface area contributed by atoms with E-state index in [0.29, 0.717) is 6.61 Å². The minimum Gasteiger partial charge on any atom is -0.488 e. The third-order valence-electron chi connectivity index (χ3n) is 9.25. The molecule has 0 saturated heterocycles. The van der Waals surface area contributed by atoms with E-state index in [0.717, 1.165) is 66.8 Å². The Labute approximate surface area is 272 Å². The molecule has 3 heteroatoms. The van der Waals surface area contributed by atoms with E-state index in [1.54, 1.807) is 0 Å². The minimum absolute atomic E-state index is 0.483. The van der Waals surface area contributed by atoms with Gasteiger partial charge in [-0.15, -0.1) is 6.42 Å². The third-order valence-corrected chi connectivity index (χ3v) is 9.25. The second-order valence-corrected chi connectivity index (χ2v) is 12.2. The topological polar surface area (TPSA) is 27.3 Å². The molecule has 222 valence electrons. The summed E-state index contributed by atoms with van der Waals surface area (Å²) in [6.07, 6.45) is 9.91. The Morgan fingerprint density at radius 2 is 1.43 bits per heavy atom. The lowest BCUT2D eigenvalue weighted by molar-refractivity contribution is 0.388. The van der Waals surface area contributed by atoms with Crippen LogP contribution in [-0.4, -0.2) is 11.2 Å². The maximum Gasteiger partial charge on any atom is 0.135 e. The Morgan fingerprint density at radius 1 is 0.702 bits per heavy atom. The van der Waals surface area contributed by atoms with Crippen LogP contribution in [0.4, 0.5) is 0 Å². The molecule has 0 unspecified atom stereocenters. The van der Waals surface area contributed by atoms with Crippen LogP contribution < -0.4 is 4.74 Å². The lowest BCUT2D eigenvalue weighted by Crippen LogP contribution is -1.94. The van der Waals surface area contributed by atoms with Crippen molar-refractivity contribution in [2.75, 3.05) is 6.61 Å². The molecule has 2 aromatic heterocycles. The molecule has 0 aliphatic carbocycles. The van der Waals surface area contributed by atoms with Gasteiger partial charge in [-0.1, -0.05) is 78.2 Å². The standard InChI is InChI=1S/C44H29NO2/c1-3-9-29(30-10-8-11-31(23-30)32-17-20-44-39(25-32)38-22-28(2)16-19-43(38)47-44)24-33-27-46-42-21-18-34(26-37(33)42)45-40-14-6-4-12-35(40)36-13-5-7-15-41(36)45/h1,4-26H,27H2,2H3/b29-9+,33-24+. The largest absolute Gasteiger partial charge is 0.488 e. The summed E-state index contributed by atoms with van der Waals surface area (Å²) >= 11 is 0. The first-order chi connectivity index (χ1) is 23.1. The van der Waals surface area contributed by atoms with E-state index in [4.69, 9.17) is 15.6 Å². The van der Waals surface area contributed by atoms with Crippen molar-refractivity contribution < 1.29 is 9.15 Å². The Hall–Kier alpha value is -6.24. The average molecular weight is 604 g/mol.